The van der Waals surface area contributed by atoms with Crippen molar-refractivity contribution in [3.8, 4) is 0 Å². The quantitative estimate of drug-likeness (QED) is 0.549. The minimum absolute atomic E-state index is 0.234. The summed E-state index contributed by atoms with van der Waals surface area (Å²) in [5.41, 5.74) is 0. The minimum Gasteiger partial charge on any atom is -0.349 e. The van der Waals surface area contributed by atoms with Crippen LogP contribution in [0.15, 0.2) is 0 Å². The number of hydrogen-bond donors (Lipinski definition) is 0. The molecule has 21 heavy (non-hydrogen) atoms. The molecule has 0 saturated carbocycles. The van der Waals surface area contributed by atoms with Gasteiger partial charge in [0, 0.05) is 12.8 Å². The predicted octanol–water partition coefficient (Wildman–Crippen LogP) is 5.14. The molecule has 2 fully saturated rings. The molecule has 0 radical (unpaired) electrons. The van der Waals surface area contributed by atoms with E-state index in [-0.39, 0.29) is 9.65 Å². The smallest absolute Gasteiger partial charge is 0.184 e. The molecule has 3 nitrogen and oxygen atoms in total. The molecule has 2 aliphatic heterocycles. The van der Waals surface area contributed by atoms with Crippen LogP contribution < -0.4 is 0 Å². The normalized spacial score (nSPS) is 41.1. The van der Waals surface area contributed by atoms with Crippen molar-refractivity contribution in [2.45, 2.75) is 86.4 Å². The molecule has 0 amide bonds. The van der Waals surface area contributed by atoms with E-state index in [1.54, 1.807) is 0 Å². The zero-order valence-corrected chi connectivity index (χ0v) is 16.4. The van der Waals surface area contributed by atoms with Crippen LogP contribution in [0.5, 0.6) is 0 Å². The Kier molecular flexibility index (Phi) is 7.01. The summed E-state index contributed by atoms with van der Waals surface area (Å²) in [4.78, 5) is 0.468. The molecule has 0 aromatic rings. The van der Waals surface area contributed by atoms with Crippen LogP contribution in [0.4, 0.5) is 0 Å². The van der Waals surface area contributed by atoms with Crippen molar-refractivity contribution in [3.63, 3.8) is 0 Å². The molecule has 4 unspecified atom stereocenters. The molecule has 5 heteroatoms. The molecule has 0 spiro atoms. The highest BCUT2D eigenvalue weighted by molar-refractivity contribution is 9.09. The highest BCUT2D eigenvalue weighted by Gasteiger charge is 2.51. The molecule has 0 aromatic heterocycles. The first-order valence-corrected chi connectivity index (χ1v) is 10.2. The van der Waals surface area contributed by atoms with E-state index in [9.17, 15) is 0 Å². The maximum Gasteiger partial charge on any atom is 0.184 e. The van der Waals surface area contributed by atoms with Crippen molar-refractivity contribution in [2.75, 3.05) is 13.2 Å². The lowest BCUT2D eigenvalue weighted by molar-refractivity contribution is -0.374. The van der Waals surface area contributed by atoms with Gasteiger partial charge in [0.1, 0.15) is 0 Å². The molecule has 2 aliphatic rings. The Bertz CT molecular complexity index is 291. The molecule has 0 aliphatic carbocycles. The van der Waals surface area contributed by atoms with E-state index in [0.717, 1.165) is 64.6 Å². The molecular formula is C16H28Br2O3. The van der Waals surface area contributed by atoms with Crippen LogP contribution in [0.2, 0.25) is 0 Å². The van der Waals surface area contributed by atoms with Crippen LogP contribution in [0.3, 0.4) is 0 Å². The number of hydrogen-bond acceptors (Lipinski definition) is 3. The zero-order chi connectivity index (χ0) is 15.3. The van der Waals surface area contributed by atoms with Crippen LogP contribution in [-0.4, -0.2) is 34.4 Å². The van der Waals surface area contributed by atoms with Gasteiger partial charge in [-0.2, -0.15) is 0 Å². The Balaban J connectivity index is 2.22. The third-order valence-electron chi connectivity index (χ3n) is 4.39. The Morgan fingerprint density at radius 1 is 0.905 bits per heavy atom. The van der Waals surface area contributed by atoms with Gasteiger partial charge in [0.15, 0.2) is 11.6 Å². The molecule has 0 N–H and O–H groups in total. The van der Waals surface area contributed by atoms with Gasteiger partial charge >= 0.3 is 0 Å². The Morgan fingerprint density at radius 2 is 1.33 bits per heavy atom. The van der Waals surface area contributed by atoms with Gasteiger partial charge in [-0.15, -0.1) is 0 Å². The van der Waals surface area contributed by atoms with Crippen molar-refractivity contribution >= 4 is 31.9 Å². The predicted molar refractivity (Wildman–Crippen MR) is 92.2 cm³/mol. The van der Waals surface area contributed by atoms with Crippen molar-refractivity contribution < 1.29 is 14.2 Å². The monoisotopic (exact) mass is 426 g/mol. The summed E-state index contributed by atoms with van der Waals surface area (Å²) >= 11 is 7.63. The topological polar surface area (TPSA) is 27.7 Å². The Morgan fingerprint density at radius 3 is 1.67 bits per heavy atom. The van der Waals surface area contributed by atoms with Gasteiger partial charge in [-0.25, -0.2) is 0 Å². The molecule has 2 heterocycles. The zero-order valence-electron chi connectivity index (χ0n) is 13.2. The number of ether oxygens (including phenoxy) is 3. The van der Waals surface area contributed by atoms with Crippen molar-refractivity contribution in [2.24, 2.45) is 0 Å². The SMILES string of the molecule is CCCC1(OC2(CCC)OCCCC2Br)OCCCC1Br. The Labute approximate surface area is 145 Å². The first-order chi connectivity index (χ1) is 10.1. The molecule has 0 bridgehead atoms. The summed E-state index contributed by atoms with van der Waals surface area (Å²) in [6.07, 6.45) is 8.24. The van der Waals surface area contributed by atoms with E-state index in [1.807, 2.05) is 0 Å². The van der Waals surface area contributed by atoms with Gasteiger partial charge in [-0.3, -0.25) is 0 Å². The summed E-state index contributed by atoms with van der Waals surface area (Å²) < 4.78 is 19.0. The van der Waals surface area contributed by atoms with Gasteiger partial charge in [0.05, 0.1) is 22.9 Å². The molecule has 2 saturated heterocycles. The molecular weight excluding hydrogens is 400 g/mol. The summed E-state index contributed by atoms with van der Waals surface area (Å²) in [6, 6.07) is 0. The van der Waals surface area contributed by atoms with Crippen LogP contribution >= 0.6 is 31.9 Å². The van der Waals surface area contributed by atoms with Crippen LogP contribution in [0, 0.1) is 0 Å². The lowest BCUT2D eigenvalue weighted by Crippen LogP contribution is -2.58. The third kappa shape index (κ3) is 4.03. The molecule has 4 atom stereocenters. The van der Waals surface area contributed by atoms with Gasteiger partial charge in [0.2, 0.25) is 0 Å². The summed E-state index contributed by atoms with van der Waals surface area (Å²) in [6.45, 7) is 5.92. The fourth-order valence-electron chi connectivity index (χ4n) is 3.37. The van der Waals surface area contributed by atoms with E-state index in [1.165, 1.54) is 0 Å². The maximum absolute atomic E-state index is 6.67. The second-order valence-electron chi connectivity index (χ2n) is 6.14. The number of halogens is 2. The average Bonchev–Trinajstić information content (AvgIpc) is 2.46. The summed E-state index contributed by atoms with van der Waals surface area (Å²) in [5.74, 6) is -1.10. The lowest BCUT2D eigenvalue weighted by Gasteiger charge is -2.50. The van der Waals surface area contributed by atoms with Crippen LogP contribution in [0.25, 0.3) is 0 Å². The van der Waals surface area contributed by atoms with E-state index in [0.29, 0.717) is 0 Å². The van der Waals surface area contributed by atoms with Crippen LogP contribution in [-0.2, 0) is 14.2 Å². The largest absolute Gasteiger partial charge is 0.349 e. The highest BCUT2D eigenvalue weighted by atomic mass is 79.9. The maximum atomic E-state index is 6.67. The first kappa shape index (κ1) is 18.2. The van der Waals surface area contributed by atoms with E-state index < -0.39 is 11.6 Å². The fourth-order valence-corrected chi connectivity index (χ4v) is 4.93. The van der Waals surface area contributed by atoms with E-state index >= 15 is 0 Å². The molecule has 0 aromatic carbocycles. The van der Waals surface area contributed by atoms with E-state index in [2.05, 4.69) is 45.7 Å². The molecule has 2 rings (SSSR count). The fraction of sp³-hybridized carbons (Fsp3) is 1.00. The number of alkyl halides is 2. The van der Waals surface area contributed by atoms with Gasteiger partial charge in [-0.05, 0) is 25.7 Å². The van der Waals surface area contributed by atoms with Gasteiger partial charge < -0.3 is 14.2 Å². The van der Waals surface area contributed by atoms with E-state index in [4.69, 9.17) is 14.2 Å². The third-order valence-corrected chi connectivity index (χ3v) is 6.70. The lowest BCUT2D eigenvalue weighted by atomic mass is 9.96. The Hall–Kier alpha value is 0.840. The standard InChI is InChI=1S/C16H28Br2O3/c1-3-9-15(13(17)7-5-11-19-15)21-16(10-4-2)14(18)8-6-12-20-16/h13-14H,3-12H2,1-2H3. The summed E-state index contributed by atoms with van der Waals surface area (Å²) in [7, 11) is 0. The minimum atomic E-state index is -0.550. The highest BCUT2D eigenvalue weighted by Crippen LogP contribution is 2.45. The van der Waals surface area contributed by atoms with Gasteiger partial charge in [-0.1, -0.05) is 58.5 Å². The van der Waals surface area contributed by atoms with Crippen molar-refractivity contribution in [3.05, 3.63) is 0 Å². The second-order valence-corrected chi connectivity index (χ2v) is 8.35. The van der Waals surface area contributed by atoms with Gasteiger partial charge in [0.25, 0.3) is 0 Å². The molecule has 124 valence electrons. The summed E-state index contributed by atoms with van der Waals surface area (Å²) in [5, 5.41) is 0. The van der Waals surface area contributed by atoms with Crippen LogP contribution in [0.1, 0.15) is 65.2 Å². The number of rotatable bonds is 6. The van der Waals surface area contributed by atoms with Crippen molar-refractivity contribution in [1.29, 1.82) is 0 Å². The second kappa shape index (κ2) is 8.09. The average molecular weight is 428 g/mol. The van der Waals surface area contributed by atoms with Crippen molar-refractivity contribution in [1.82, 2.24) is 0 Å². The first-order valence-electron chi connectivity index (χ1n) is 8.35.